The average Bonchev–Trinajstić information content (AvgIpc) is 3.43. The summed E-state index contributed by atoms with van der Waals surface area (Å²) in [5.41, 5.74) is 1.79. The number of methoxy groups -OCH3 is 2. The number of carbonyl (C=O) groups is 3. The number of para-hydroxylation sites is 1. The van der Waals surface area contributed by atoms with Crippen LogP contribution in [0.25, 0.3) is 0 Å². The van der Waals surface area contributed by atoms with Crippen LogP contribution in [0.1, 0.15) is 57.3 Å². The summed E-state index contributed by atoms with van der Waals surface area (Å²) in [6.45, 7) is 2.04. The molecule has 4 rings (SSSR count). The van der Waals surface area contributed by atoms with Crippen LogP contribution < -0.4 is 20.1 Å². The van der Waals surface area contributed by atoms with Crippen LogP contribution in [0.3, 0.4) is 0 Å². The topological polar surface area (TPSA) is 129 Å². The van der Waals surface area contributed by atoms with Gasteiger partial charge in [0.05, 0.1) is 37.7 Å². The number of fused-ring (bicyclic) bond motifs is 1. The minimum Gasteiger partial charge on any atom is -0.493 e. The third-order valence-corrected chi connectivity index (χ3v) is 8.93. The molecule has 2 aromatic heterocycles. The van der Waals surface area contributed by atoms with Gasteiger partial charge < -0.3 is 19.5 Å². The first-order valence-corrected chi connectivity index (χ1v) is 14.7. The Labute approximate surface area is 232 Å². The van der Waals surface area contributed by atoms with Gasteiger partial charge in [0.25, 0.3) is 5.91 Å². The van der Waals surface area contributed by atoms with Gasteiger partial charge in [0.2, 0.25) is 11.0 Å². The van der Waals surface area contributed by atoms with E-state index in [4.69, 9.17) is 14.2 Å². The Balaban J connectivity index is 1.38. The van der Waals surface area contributed by atoms with E-state index in [1.807, 2.05) is 0 Å². The molecule has 1 aliphatic carbocycles. The van der Waals surface area contributed by atoms with Crippen LogP contribution in [0.15, 0.2) is 22.5 Å². The van der Waals surface area contributed by atoms with Gasteiger partial charge >= 0.3 is 5.97 Å². The fourth-order valence-corrected chi connectivity index (χ4v) is 6.93. The average molecular weight is 577 g/mol. The van der Waals surface area contributed by atoms with Crippen LogP contribution in [-0.2, 0) is 22.4 Å². The number of esters is 1. The minimum atomic E-state index is -0.421. The molecular formula is C25H28N4O6S3. The molecule has 3 aromatic rings. The monoisotopic (exact) mass is 576 g/mol. The third kappa shape index (κ3) is 6.45. The predicted molar refractivity (Wildman–Crippen MR) is 148 cm³/mol. The van der Waals surface area contributed by atoms with Crippen molar-refractivity contribution in [2.75, 3.05) is 37.2 Å². The zero-order chi connectivity index (χ0) is 27.1. The Bertz CT molecular complexity index is 1320. The van der Waals surface area contributed by atoms with Gasteiger partial charge in [-0.05, 0) is 50.3 Å². The van der Waals surface area contributed by atoms with Crippen LogP contribution >= 0.6 is 34.4 Å². The lowest BCUT2D eigenvalue weighted by Crippen LogP contribution is -2.16. The maximum atomic E-state index is 12.8. The number of aryl methyl sites for hydroxylation is 1. The molecule has 38 heavy (non-hydrogen) atoms. The molecule has 0 saturated heterocycles. The number of benzene rings is 1. The highest BCUT2D eigenvalue weighted by Gasteiger charge is 2.27. The van der Waals surface area contributed by atoms with E-state index in [0.29, 0.717) is 32.0 Å². The summed E-state index contributed by atoms with van der Waals surface area (Å²) >= 11 is 3.80. The molecule has 10 nitrogen and oxygen atoms in total. The number of aromatic nitrogens is 2. The Morgan fingerprint density at radius 2 is 1.84 bits per heavy atom. The smallest absolute Gasteiger partial charge is 0.341 e. The van der Waals surface area contributed by atoms with Crippen LogP contribution in [0.2, 0.25) is 0 Å². The highest BCUT2D eigenvalue weighted by Crippen LogP contribution is 2.38. The van der Waals surface area contributed by atoms with Gasteiger partial charge in [-0.1, -0.05) is 35.6 Å². The number of amides is 2. The van der Waals surface area contributed by atoms with Crippen molar-refractivity contribution in [1.29, 1.82) is 0 Å². The van der Waals surface area contributed by atoms with Crippen molar-refractivity contribution >= 4 is 62.4 Å². The van der Waals surface area contributed by atoms with Crippen molar-refractivity contribution in [2.24, 2.45) is 0 Å². The number of hydrogen-bond donors (Lipinski definition) is 2. The predicted octanol–water partition coefficient (Wildman–Crippen LogP) is 5.05. The van der Waals surface area contributed by atoms with E-state index in [-0.39, 0.29) is 23.4 Å². The van der Waals surface area contributed by atoms with Crippen molar-refractivity contribution in [2.45, 2.75) is 43.4 Å². The standard InChI is InChI=1S/C25H28N4O6S3/c1-4-35-23(32)19-14-9-6-5-7-12-17(14)37-22(19)26-18(30)13-36-25-29-28-24(38-25)27-21(31)15-10-8-11-16(33-2)20(15)34-3/h8,10-11H,4-7,9,12-13H2,1-3H3,(H,26,30)(H,27,28,31). The van der Waals surface area contributed by atoms with E-state index in [1.165, 1.54) is 37.3 Å². The van der Waals surface area contributed by atoms with E-state index in [0.717, 1.165) is 53.9 Å². The van der Waals surface area contributed by atoms with Gasteiger partial charge in [0, 0.05) is 4.88 Å². The van der Waals surface area contributed by atoms with Gasteiger partial charge in [0.1, 0.15) is 5.00 Å². The number of anilines is 2. The van der Waals surface area contributed by atoms with E-state index in [2.05, 4.69) is 20.8 Å². The fraction of sp³-hybridized carbons (Fsp3) is 0.400. The molecule has 1 aliphatic rings. The van der Waals surface area contributed by atoms with E-state index < -0.39 is 11.9 Å². The van der Waals surface area contributed by atoms with Crippen molar-refractivity contribution in [3.05, 3.63) is 39.8 Å². The molecule has 2 amide bonds. The summed E-state index contributed by atoms with van der Waals surface area (Å²) in [6, 6.07) is 5.00. The summed E-state index contributed by atoms with van der Waals surface area (Å²) in [7, 11) is 2.96. The van der Waals surface area contributed by atoms with Crippen LogP contribution in [-0.4, -0.2) is 54.6 Å². The van der Waals surface area contributed by atoms with Crippen molar-refractivity contribution in [3.8, 4) is 11.5 Å². The molecule has 2 N–H and O–H groups in total. The maximum absolute atomic E-state index is 12.8. The first-order valence-electron chi connectivity index (χ1n) is 12.0. The SMILES string of the molecule is CCOC(=O)c1c(NC(=O)CSc2nnc(NC(=O)c3cccc(OC)c3OC)s2)sc2c1CCCCC2. The van der Waals surface area contributed by atoms with Crippen molar-refractivity contribution < 1.29 is 28.6 Å². The van der Waals surface area contributed by atoms with Crippen LogP contribution in [0, 0.1) is 0 Å². The number of rotatable bonds is 10. The third-order valence-electron chi connectivity index (χ3n) is 5.76. The zero-order valence-electron chi connectivity index (χ0n) is 21.3. The number of thioether (sulfide) groups is 1. The van der Waals surface area contributed by atoms with Crippen LogP contribution in [0.5, 0.6) is 11.5 Å². The Kier molecular flexibility index (Phi) is 9.58. The molecule has 0 aliphatic heterocycles. The summed E-state index contributed by atoms with van der Waals surface area (Å²) in [5, 5.41) is 14.5. The van der Waals surface area contributed by atoms with Gasteiger partial charge in [-0.15, -0.1) is 21.5 Å². The number of nitrogens with zero attached hydrogens (tertiary/aromatic N) is 2. The van der Waals surface area contributed by atoms with E-state index in [1.54, 1.807) is 25.1 Å². The molecule has 0 spiro atoms. The molecule has 0 atom stereocenters. The summed E-state index contributed by atoms with van der Waals surface area (Å²) < 4.78 is 16.4. The minimum absolute atomic E-state index is 0.0666. The Hall–Kier alpha value is -3.16. The van der Waals surface area contributed by atoms with Gasteiger partial charge in [0.15, 0.2) is 15.8 Å². The highest BCUT2D eigenvalue weighted by atomic mass is 32.2. The lowest BCUT2D eigenvalue weighted by molar-refractivity contribution is -0.113. The van der Waals surface area contributed by atoms with Gasteiger partial charge in [-0.3, -0.25) is 14.9 Å². The quantitative estimate of drug-likeness (QED) is 0.147. The molecule has 2 heterocycles. The molecule has 202 valence electrons. The molecule has 0 saturated carbocycles. The van der Waals surface area contributed by atoms with E-state index >= 15 is 0 Å². The normalized spacial score (nSPS) is 12.7. The molecule has 0 radical (unpaired) electrons. The number of nitrogens with one attached hydrogen (secondary N) is 2. The largest absolute Gasteiger partial charge is 0.493 e. The maximum Gasteiger partial charge on any atom is 0.341 e. The second-order valence-corrected chi connectivity index (χ2v) is 11.5. The zero-order valence-corrected chi connectivity index (χ0v) is 23.7. The molecule has 0 unspecified atom stereocenters. The molecule has 13 heteroatoms. The molecular weight excluding hydrogens is 548 g/mol. The van der Waals surface area contributed by atoms with E-state index in [9.17, 15) is 14.4 Å². The molecule has 0 fully saturated rings. The second kappa shape index (κ2) is 13.1. The number of ether oxygens (including phenoxy) is 3. The van der Waals surface area contributed by atoms with Gasteiger partial charge in [-0.2, -0.15) is 0 Å². The van der Waals surface area contributed by atoms with Crippen molar-refractivity contribution in [1.82, 2.24) is 10.2 Å². The molecule has 1 aromatic carbocycles. The van der Waals surface area contributed by atoms with Gasteiger partial charge in [-0.25, -0.2) is 4.79 Å². The summed E-state index contributed by atoms with van der Waals surface area (Å²) in [4.78, 5) is 39.4. The number of carbonyl (C=O) groups excluding carboxylic acids is 3. The second-order valence-electron chi connectivity index (χ2n) is 8.19. The number of thiophene rings is 1. The van der Waals surface area contributed by atoms with Crippen LogP contribution in [0.4, 0.5) is 10.1 Å². The first kappa shape index (κ1) is 27.9. The highest BCUT2D eigenvalue weighted by molar-refractivity contribution is 8.01. The Morgan fingerprint density at radius 1 is 1.03 bits per heavy atom. The Morgan fingerprint density at radius 3 is 2.61 bits per heavy atom. The summed E-state index contributed by atoms with van der Waals surface area (Å²) in [6.07, 6.45) is 4.92. The fourth-order valence-electron chi connectivity index (χ4n) is 4.09. The van der Waals surface area contributed by atoms with Crippen molar-refractivity contribution in [3.63, 3.8) is 0 Å². The first-order chi connectivity index (χ1) is 18.4. The lowest BCUT2D eigenvalue weighted by atomic mass is 10.1. The number of hydrogen-bond acceptors (Lipinski definition) is 11. The lowest BCUT2D eigenvalue weighted by Gasteiger charge is -2.11. The molecule has 0 bridgehead atoms. The summed E-state index contributed by atoms with van der Waals surface area (Å²) in [5.74, 6) is -0.262.